The molecule has 5 aromatic heterocycles. The fraction of sp³-hybridized carbons (Fsp3) is 0.0870. The zero-order valence-corrected chi connectivity index (χ0v) is 17.7. The number of rotatable bonds is 7. The van der Waals surface area contributed by atoms with Crippen LogP contribution in [0.1, 0.15) is 12.3 Å². The van der Waals surface area contributed by atoms with Crippen LogP contribution < -0.4 is 5.32 Å². The molecule has 1 amide bonds. The minimum absolute atomic E-state index is 0.118. The fourth-order valence-electron chi connectivity index (χ4n) is 3.08. The highest BCUT2D eigenvalue weighted by molar-refractivity contribution is 5.90. The van der Waals surface area contributed by atoms with E-state index >= 15 is 0 Å². The van der Waals surface area contributed by atoms with Crippen LogP contribution in [-0.4, -0.2) is 46.0 Å². The van der Waals surface area contributed by atoms with Crippen LogP contribution in [0.15, 0.2) is 78.1 Å². The predicted molar refractivity (Wildman–Crippen MR) is 121 cm³/mol. The van der Waals surface area contributed by atoms with Gasteiger partial charge in [0.2, 0.25) is 17.6 Å². The van der Waals surface area contributed by atoms with Gasteiger partial charge in [-0.25, -0.2) is 15.0 Å². The molecule has 0 aromatic carbocycles. The summed E-state index contributed by atoms with van der Waals surface area (Å²) in [6, 6.07) is 10.9. The van der Waals surface area contributed by atoms with Gasteiger partial charge in [-0.15, -0.1) is 0 Å². The molecule has 0 aliphatic heterocycles. The van der Waals surface area contributed by atoms with Crippen molar-refractivity contribution in [3.8, 4) is 34.3 Å². The molecule has 0 saturated carbocycles. The van der Waals surface area contributed by atoms with Crippen molar-refractivity contribution in [2.45, 2.75) is 12.8 Å². The zero-order chi connectivity index (χ0) is 23.2. The molecule has 0 fully saturated rings. The van der Waals surface area contributed by atoms with Crippen LogP contribution in [0, 0.1) is 0 Å². The number of carbonyl (C=O) groups excluding carboxylic acids is 1. The smallest absolute Gasteiger partial charge is 0.227 e. The van der Waals surface area contributed by atoms with E-state index in [0.29, 0.717) is 40.4 Å². The number of nitrogens with zero attached hydrogens (tertiary/aromatic N) is 8. The van der Waals surface area contributed by atoms with Gasteiger partial charge in [0.25, 0.3) is 0 Å². The zero-order valence-electron chi connectivity index (χ0n) is 17.7. The number of pyridine rings is 2. The first-order chi connectivity index (χ1) is 16.7. The van der Waals surface area contributed by atoms with Gasteiger partial charge in [-0.3, -0.25) is 19.7 Å². The van der Waals surface area contributed by atoms with Crippen molar-refractivity contribution in [2.24, 2.45) is 0 Å². The van der Waals surface area contributed by atoms with E-state index in [2.05, 4.69) is 45.4 Å². The number of anilines is 1. The molecule has 0 saturated heterocycles. The van der Waals surface area contributed by atoms with Gasteiger partial charge >= 0.3 is 0 Å². The van der Waals surface area contributed by atoms with Crippen LogP contribution in [0.2, 0.25) is 0 Å². The van der Waals surface area contributed by atoms with Crippen LogP contribution in [0.5, 0.6) is 0 Å². The van der Waals surface area contributed by atoms with E-state index in [-0.39, 0.29) is 18.7 Å². The summed E-state index contributed by atoms with van der Waals surface area (Å²) in [7, 11) is 0. The third kappa shape index (κ3) is 4.93. The van der Waals surface area contributed by atoms with Crippen molar-refractivity contribution in [3.63, 3.8) is 0 Å². The maximum absolute atomic E-state index is 12.6. The van der Waals surface area contributed by atoms with Crippen LogP contribution in [0.25, 0.3) is 34.3 Å². The summed E-state index contributed by atoms with van der Waals surface area (Å²) in [5.74, 6) is 1.12. The summed E-state index contributed by atoms with van der Waals surface area (Å²) < 4.78 is 5.22. The molecule has 1 N–H and O–H groups in total. The van der Waals surface area contributed by atoms with Gasteiger partial charge in [-0.1, -0.05) is 11.2 Å². The van der Waals surface area contributed by atoms with Crippen LogP contribution in [0.3, 0.4) is 0 Å². The Kier molecular flexibility index (Phi) is 5.97. The van der Waals surface area contributed by atoms with Crippen molar-refractivity contribution >= 4 is 11.7 Å². The molecule has 34 heavy (non-hydrogen) atoms. The summed E-state index contributed by atoms with van der Waals surface area (Å²) in [4.78, 5) is 42.6. The van der Waals surface area contributed by atoms with Gasteiger partial charge in [-0.05, 0) is 24.3 Å². The normalized spacial score (nSPS) is 10.7. The molecule has 5 heterocycles. The van der Waals surface area contributed by atoms with Crippen LogP contribution >= 0.6 is 0 Å². The molecule has 0 atom stereocenters. The van der Waals surface area contributed by atoms with E-state index in [0.717, 1.165) is 5.56 Å². The Balaban J connectivity index is 1.32. The highest BCUT2D eigenvalue weighted by atomic mass is 16.5. The fourth-order valence-corrected chi connectivity index (χ4v) is 3.08. The lowest BCUT2D eigenvalue weighted by Crippen LogP contribution is -2.14. The molecule has 166 valence electrons. The van der Waals surface area contributed by atoms with Gasteiger partial charge in [-0.2, -0.15) is 4.98 Å². The molecule has 0 spiro atoms. The standard InChI is InChI=1S/C23H17N9O2/c33-20(6-7-21-31-23(32-34-21)18-14-25-10-11-27-18)29-19-12-17(15-4-3-8-24-13-15)28-22(30-19)16-5-1-2-9-26-16/h1-5,8-14H,6-7H2,(H,28,29,30,33). The number of aromatic nitrogens is 8. The lowest BCUT2D eigenvalue weighted by Gasteiger charge is -2.09. The predicted octanol–water partition coefficient (Wildman–Crippen LogP) is 3.01. The van der Waals surface area contributed by atoms with Crippen molar-refractivity contribution in [2.75, 3.05) is 5.32 Å². The van der Waals surface area contributed by atoms with Crippen molar-refractivity contribution in [1.82, 2.24) is 40.0 Å². The van der Waals surface area contributed by atoms with E-state index in [4.69, 9.17) is 4.52 Å². The SMILES string of the molecule is O=C(CCc1nc(-c2cnccn2)no1)Nc1cc(-c2cccnc2)nc(-c2ccccn2)n1. The molecule has 11 nitrogen and oxygen atoms in total. The minimum Gasteiger partial charge on any atom is -0.339 e. The van der Waals surface area contributed by atoms with E-state index in [1.54, 1.807) is 43.1 Å². The Bertz CT molecular complexity index is 1340. The molecule has 0 aliphatic carbocycles. The quantitative estimate of drug-likeness (QED) is 0.392. The van der Waals surface area contributed by atoms with Crippen LogP contribution in [0.4, 0.5) is 5.82 Å². The second-order valence-corrected chi connectivity index (χ2v) is 7.07. The highest BCUT2D eigenvalue weighted by Gasteiger charge is 2.14. The average Bonchev–Trinajstić information content (AvgIpc) is 3.38. The number of hydrogen-bond donors (Lipinski definition) is 1. The molecular weight excluding hydrogens is 434 g/mol. The summed E-state index contributed by atoms with van der Waals surface area (Å²) in [5.41, 5.74) is 2.49. The van der Waals surface area contributed by atoms with E-state index < -0.39 is 0 Å². The van der Waals surface area contributed by atoms with Crippen LogP contribution in [-0.2, 0) is 11.2 Å². The minimum atomic E-state index is -0.262. The monoisotopic (exact) mass is 451 g/mol. The Labute approximate surface area is 193 Å². The Hall–Kier alpha value is -4.93. The molecule has 0 unspecified atom stereocenters. The molecule has 0 aliphatic rings. The topological polar surface area (TPSA) is 145 Å². The van der Waals surface area contributed by atoms with Gasteiger partial charge < -0.3 is 9.84 Å². The molecule has 5 aromatic rings. The first-order valence-electron chi connectivity index (χ1n) is 10.3. The summed E-state index contributed by atoms with van der Waals surface area (Å²) in [6.07, 6.45) is 10.0. The summed E-state index contributed by atoms with van der Waals surface area (Å²) in [5, 5.41) is 6.71. The highest BCUT2D eigenvalue weighted by Crippen LogP contribution is 2.23. The number of hydrogen-bond acceptors (Lipinski definition) is 10. The Morgan fingerprint density at radius 3 is 2.53 bits per heavy atom. The third-order valence-electron chi connectivity index (χ3n) is 4.67. The molecule has 0 bridgehead atoms. The molecule has 5 rings (SSSR count). The lowest BCUT2D eigenvalue weighted by molar-refractivity contribution is -0.116. The second-order valence-electron chi connectivity index (χ2n) is 7.07. The van der Waals surface area contributed by atoms with Crippen molar-refractivity contribution in [1.29, 1.82) is 0 Å². The maximum atomic E-state index is 12.6. The largest absolute Gasteiger partial charge is 0.339 e. The average molecular weight is 451 g/mol. The first kappa shape index (κ1) is 20.9. The molecule has 0 radical (unpaired) electrons. The van der Waals surface area contributed by atoms with E-state index in [1.165, 1.54) is 6.20 Å². The summed E-state index contributed by atoms with van der Waals surface area (Å²) in [6.45, 7) is 0. The molecular formula is C23H17N9O2. The molecule has 11 heteroatoms. The Morgan fingerprint density at radius 1 is 0.824 bits per heavy atom. The number of carbonyl (C=O) groups is 1. The number of amides is 1. The summed E-state index contributed by atoms with van der Waals surface area (Å²) >= 11 is 0. The third-order valence-corrected chi connectivity index (χ3v) is 4.67. The maximum Gasteiger partial charge on any atom is 0.227 e. The second kappa shape index (κ2) is 9.69. The van der Waals surface area contributed by atoms with Crippen molar-refractivity contribution < 1.29 is 9.32 Å². The van der Waals surface area contributed by atoms with E-state index in [9.17, 15) is 4.79 Å². The van der Waals surface area contributed by atoms with Gasteiger partial charge in [0, 0.05) is 55.5 Å². The van der Waals surface area contributed by atoms with Gasteiger partial charge in [0.1, 0.15) is 17.2 Å². The van der Waals surface area contributed by atoms with E-state index in [1.807, 2.05) is 24.3 Å². The van der Waals surface area contributed by atoms with Gasteiger partial charge in [0.15, 0.2) is 5.82 Å². The number of nitrogens with one attached hydrogen (secondary N) is 1. The lowest BCUT2D eigenvalue weighted by atomic mass is 10.2. The first-order valence-corrected chi connectivity index (χ1v) is 10.3. The van der Waals surface area contributed by atoms with Crippen molar-refractivity contribution in [3.05, 3.63) is 79.5 Å². The number of aryl methyl sites for hydroxylation is 1. The Morgan fingerprint density at radius 2 is 1.74 bits per heavy atom. The van der Waals surface area contributed by atoms with Gasteiger partial charge in [0.05, 0.1) is 11.9 Å².